The average molecular weight is 231 g/mol. The number of likely N-dealkylation sites (tertiary alicyclic amines) is 1. The standard InChI is InChI=1S/C9H17N3O2S/c1-15-5-3-6(10)9(14)12-4-2-7(12)8(11)13/h6-7H,2-5,10H2,1H3,(H2,11,13)/t6-,7?/m0/s1. The van der Waals surface area contributed by atoms with Crippen LogP contribution in [0.5, 0.6) is 0 Å². The molecular formula is C9H17N3O2S. The van der Waals surface area contributed by atoms with E-state index in [-0.39, 0.29) is 5.91 Å². The molecule has 4 N–H and O–H groups in total. The van der Waals surface area contributed by atoms with Crippen LogP contribution in [0.15, 0.2) is 0 Å². The molecule has 2 amide bonds. The zero-order valence-corrected chi connectivity index (χ0v) is 9.63. The minimum Gasteiger partial charge on any atom is -0.368 e. The summed E-state index contributed by atoms with van der Waals surface area (Å²) < 4.78 is 0. The van der Waals surface area contributed by atoms with E-state index in [1.54, 1.807) is 11.8 Å². The van der Waals surface area contributed by atoms with Gasteiger partial charge in [-0.25, -0.2) is 0 Å². The van der Waals surface area contributed by atoms with Crippen molar-refractivity contribution in [1.82, 2.24) is 4.90 Å². The Morgan fingerprint density at radius 2 is 2.27 bits per heavy atom. The van der Waals surface area contributed by atoms with Gasteiger partial charge in [-0.2, -0.15) is 11.8 Å². The predicted octanol–water partition coefficient (Wildman–Crippen LogP) is -0.847. The molecule has 0 aromatic heterocycles. The lowest BCUT2D eigenvalue weighted by molar-refractivity contribution is -0.147. The predicted molar refractivity (Wildman–Crippen MR) is 60.3 cm³/mol. The van der Waals surface area contributed by atoms with E-state index in [0.29, 0.717) is 19.4 Å². The number of amides is 2. The molecule has 1 saturated heterocycles. The molecule has 5 nitrogen and oxygen atoms in total. The van der Waals surface area contributed by atoms with Gasteiger partial charge in [-0.1, -0.05) is 0 Å². The maximum absolute atomic E-state index is 11.7. The van der Waals surface area contributed by atoms with Gasteiger partial charge in [0.2, 0.25) is 11.8 Å². The molecule has 0 radical (unpaired) electrons. The van der Waals surface area contributed by atoms with Crippen LogP contribution < -0.4 is 11.5 Å². The SMILES string of the molecule is CSCC[C@H](N)C(=O)N1CCC1C(N)=O. The summed E-state index contributed by atoms with van der Waals surface area (Å²) in [6.07, 6.45) is 3.27. The van der Waals surface area contributed by atoms with Crippen molar-refractivity contribution in [2.75, 3.05) is 18.6 Å². The second-order valence-corrected chi connectivity index (χ2v) is 4.61. The third-order valence-electron chi connectivity index (χ3n) is 2.58. The number of nitrogens with zero attached hydrogens (tertiary/aromatic N) is 1. The first-order valence-corrected chi connectivity index (χ1v) is 6.31. The number of hydrogen-bond acceptors (Lipinski definition) is 4. The Bertz CT molecular complexity index is 260. The highest BCUT2D eigenvalue weighted by atomic mass is 32.2. The fraction of sp³-hybridized carbons (Fsp3) is 0.778. The smallest absolute Gasteiger partial charge is 0.240 e. The monoisotopic (exact) mass is 231 g/mol. The van der Waals surface area contributed by atoms with Gasteiger partial charge >= 0.3 is 0 Å². The molecule has 1 aliphatic heterocycles. The third-order valence-corrected chi connectivity index (χ3v) is 3.23. The van der Waals surface area contributed by atoms with Crippen LogP contribution in [0.1, 0.15) is 12.8 Å². The summed E-state index contributed by atoms with van der Waals surface area (Å²) in [7, 11) is 0. The quantitative estimate of drug-likeness (QED) is 0.645. The van der Waals surface area contributed by atoms with Crippen LogP contribution in [0.4, 0.5) is 0 Å². The van der Waals surface area contributed by atoms with Crippen LogP contribution in [-0.2, 0) is 9.59 Å². The molecule has 1 fully saturated rings. The second-order valence-electron chi connectivity index (χ2n) is 3.63. The van der Waals surface area contributed by atoms with Gasteiger partial charge in [0, 0.05) is 6.54 Å². The van der Waals surface area contributed by atoms with Crippen molar-refractivity contribution in [3.63, 3.8) is 0 Å². The van der Waals surface area contributed by atoms with Gasteiger partial charge in [-0.15, -0.1) is 0 Å². The molecule has 0 bridgehead atoms. The first kappa shape index (κ1) is 12.3. The molecule has 0 saturated carbocycles. The molecule has 86 valence electrons. The van der Waals surface area contributed by atoms with Crippen molar-refractivity contribution >= 4 is 23.6 Å². The highest BCUT2D eigenvalue weighted by Gasteiger charge is 2.37. The molecule has 6 heteroatoms. The van der Waals surface area contributed by atoms with E-state index in [1.807, 2.05) is 6.26 Å². The molecule has 1 rings (SSSR count). The zero-order chi connectivity index (χ0) is 11.4. The summed E-state index contributed by atoms with van der Waals surface area (Å²) in [5, 5.41) is 0. The number of nitrogens with two attached hydrogens (primary N) is 2. The largest absolute Gasteiger partial charge is 0.368 e. The fourth-order valence-electron chi connectivity index (χ4n) is 1.53. The number of carbonyl (C=O) groups is 2. The Kier molecular flexibility index (Phi) is 4.41. The number of rotatable bonds is 5. The molecule has 1 aliphatic rings. The number of carbonyl (C=O) groups excluding carboxylic acids is 2. The van der Waals surface area contributed by atoms with Crippen molar-refractivity contribution in [2.24, 2.45) is 11.5 Å². The van der Waals surface area contributed by atoms with Crippen LogP contribution in [0.25, 0.3) is 0 Å². The first-order valence-electron chi connectivity index (χ1n) is 4.92. The topological polar surface area (TPSA) is 89.4 Å². The highest BCUT2D eigenvalue weighted by Crippen LogP contribution is 2.18. The van der Waals surface area contributed by atoms with E-state index in [0.717, 1.165) is 5.75 Å². The van der Waals surface area contributed by atoms with E-state index in [1.165, 1.54) is 4.90 Å². The summed E-state index contributed by atoms with van der Waals surface area (Å²) >= 11 is 1.65. The number of thioether (sulfide) groups is 1. The van der Waals surface area contributed by atoms with Crippen LogP contribution in [0, 0.1) is 0 Å². The number of hydrogen-bond donors (Lipinski definition) is 2. The molecule has 1 unspecified atom stereocenters. The Morgan fingerprint density at radius 3 is 2.67 bits per heavy atom. The van der Waals surface area contributed by atoms with Gasteiger partial charge in [0.15, 0.2) is 0 Å². The van der Waals surface area contributed by atoms with Crippen molar-refractivity contribution in [2.45, 2.75) is 24.9 Å². The summed E-state index contributed by atoms with van der Waals surface area (Å²) in [5.74, 6) is 0.257. The van der Waals surface area contributed by atoms with Crippen LogP contribution >= 0.6 is 11.8 Å². The molecular weight excluding hydrogens is 214 g/mol. The van der Waals surface area contributed by atoms with Gasteiger partial charge in [-0.05, 0) is 24.9 Å². The van der Waals surface area contributed by atoms with E-state index in [9.17, 15) is 9.59 Å². The first-order chi connectivity index (χ1) is 7.07. The molecule has 2 atom stereocenters. The normalized spacial score (nSPS) is 22.0. The third kappa shape index (κ3) is 2.85. The fourth-order valence-corrected chi connectivity index (χ4v) is 2.02. The maximum Gasteiger partial charge on any atom is 0.240 e. The summed E-state index contributed by atoms with van der Waals surface area (Å²) in [6.45, 7) is 0.597. The Morgan fingerprint density at radius 1 is 1.60 bits per heavy atom. The lowest BCUT2D eigenvalue weighted by Gasteiger charge is -2.40. The molecule has 0 aromatic rings. The van der Waals surface area contributed by atoms with Gasteiger partial charge in [-0.3, -0.25) is 9.59 Å². The van der Waals surface area contributed by atoms with Crippen LogP contribution in [0.2, 0.25) is 0 Å². The minimum absolute atomic E-state index is 0.154. The second kappa shape index (κ2) is 5.37. The minimum atomic E-state index is -0.500. The highest BCUT2D eigenvalue weighted by molar-refractivity contribution is 7.98. The van der Waals surface area contributed by atoms with Crippen molar-refractivity contribution < 1.29 is 9.59 Å². The van der Waals surface area contributed by atoms with Gasteiger partial charge in [0.25, 0.3) is 0 Å². The lowest BCUT2D eigenvalue weighted by atomic mass is 10.0. The van der Waals surface area contributed by atoms with Gasteiger partial charge < -0.3 is 16.4 Å². The maximum atomic E-state index is 11.7. The van der Waals surface area contributed by atoms with Crippen molar-refractivity contribution in [1.29, 1.82) is 0 Å². The Labute approximate surface area is 93.5 Å². The van der Waals surface area contributed by atoms with E-state index < -0.39 is 18.0 Å². The van der Waals surface area contributed by atoms with E-state index in [2.05, 4.69) is 0 Å². The Hall–Kier alpha value is -0.750. The Balaban J connectivity index is 2.43. The van der Waals surface area contributed by atoms with Gasteiger partial charge in [0.1, 0.15) is 6.04 Å². The lowest BCUT2D eigenvalue weighted by Crippen LogP contribution is -2.60. The van der Waals surface area contributed by atoms with Crippen molar-refractivity contribution in [3.05, 3.63) is 0 Å². The molecule has 15 heavy (non-hydrogen) atoms. The molecule has 0 aliphatic carbocycles. The van der Waals surface area contributed by atoms with E-state index >= 15 is 0 Å². The van der Waals surface area contributed by atoms with E-state index in [4.69, 9.17) is 11.5 Å². The summed E-state index contributed by atoms with van der Waals surface area (Å²) in [5.41, 5.74) is 10.9. The van der Waals surface area contributed by atoms with Gasteiger partial charge in [0.05, 0.1) is 6.04 Å². The zero-order valence-electron chi connectivity index (χ0n) is 8.81. The van der Waals surface area contributed by atoms with Crippen LogP contribution in [-0.4, -0.2) is 47.4 Å². The van der Waals surface area contributed by atoms with Crippen LogP contribution in [0.3, 0.4) is 0 Å². The van der Waals surface area contributed by atoms with Crippen molar-refractivity contribution in [3.8, 4) is 0 Å². The summed E-state index contributed by atoms with van der Waals surface area (Å²) in [4.78, 5) is 24.1. The summed E-state index contributed by atoms with van der Waals surface area (Å²) in [6, 6.07) is -0.933. The number of primary amides is 1. The molecule has 0 spiro atoms. The molecule has 1 heterocycles. The molecule has 0 aromatic carbocycles. The average Bonchev–Trinajstić information content (AvgIpc) is 2.11.